The summed E-state index contributed by atoms with van der Waals surface area (Å²) in [6.45, 7) is 79.4. The van der Waals surface area contributed by atoms with E-state index in [1.807, 2.05) is 61.6 Å². The van der Waals surface area contributed by atoms with Crippen molar-refractivity contribution in [1.82, 2.24) is 34.5 Å². The molecular formula is C91H183N7S2. The number of rotatable bonds is 2. The number of allylic oxidation sites excluding steroid dienone is 2. The first-order valence-electron chi connectivity index (χ1n) is 32.2. The molecule has 0 saturated heterocycles. The molecule has 6 heterocycles. The van der Waals surface area contributed by atoms with E-state index in [2.05, 4.69) is 322 Å². The minimum atomic E-state index is 0. The zero-order valence-electron chi connectivity index (χ0n) is 63.9. The SMILES string of the molecule is C.C.C.C.C.C.C.C.C.C.C.C#CCC(C)(C)C.C#CCC(C)(C)C.C=CC(C)(C)C.C=CCC(C)(C)C.CC(C)(C)CC1CC1.CC(C)(C)c1cc[nH]c1.CC(C)(C)c1ccc[nH]1.CC(C)(C)c1ccsc1.CC(C)(C)c1cn[nH]c1.CC(C)(C)c1cnc[nH]1.CC(C)(C)c1cnsc1. The largest absolute Gasteiger partial charge is 0.367 e. The van der Waals surface area contributed by atoms with E-state index < -0.39 is 0 Å². The molecule has 6 aromatic rings. The van der Waals surface area contributed by atoms with Gasteiger partial charge in [0.05, 0.1) is 12.5 Å². The maximum atomic E-state index is 5.06. The highest BCUT2D eigenvalue weighted by Crippen LogP contribution is 2.39. The molecule has 1 aliphatic rings. The van der Waals surface area contributed by atoms with Crippen LogP contribution in [0.3, 0.4) is 0 Å². The number of aromatic nitrogens is 7. The highest BCUT2D eigenvalue weighted by molar-refractivity contribution is 7.08. The van der Waals surface area contributed by atoms with E-state index >= 15 is 0 Å². The number of hydrogen-bond donors (Lipinski definition) is 4. The summed E-state index contributed by atoms with van der Waals surface area (Å²) in [6.07, 6.45) is 36.6. The van der Waals surface area contributed by atoms with Crippen LogP contribution in [0.5, 0.6) is 0 Å². The van der Waals surface area contributed by atoms with Crippen LogP contribution in [0.15, 0.2) is 115 Å². The van der Waals surface area contributed by atoms with Gasteiger partial charge in [-0.2, -0.15) is 16.4 Å². The van der Waals surface area contributed by atoms with Crippen molar-refractivity contribution >= 4 is 22.9 Å². The number of H-pyrrole nitrogens is 4. The first-order chi connectivity index (χ1) is 40.0. The predicted octanol–water partition coefficient (Wildman–Crippen LogP) is 32.3. The Morgan fingerprint density at radius 2 is 0.900 bits per heavy atom. The molecule has 0 spiro atoms. The van der Waals surface area contributed by atoms with Crippen molar-refractivity contribution in [3.05, 3.63) is 149 Å². The number of thiophene rings is 1. The average Bonchev–Trinajstić information content (AvgIpc) is 1.76. The monoisotopic (exact) mass is 1440 g/mol. The maximum Gasteiger partial charge on any atom is 0.0921 e. The number of nitrogens with one attached hydrogen (secondary N) is 4. The first kappa shape index (κ1) is 131. The van der Waals surface area contributed by atoms with Gasteiger partial charge in [-0.15, -0.1) is 37.8 Å². The summed E-state index contributed by atoms with van der Waals surface area (Å²) in [6, 6.07) is 8.44. The fourth-order valence-corrected chi connectivity index (χ4v) is 8.06. The second-order valence-corrected chi connectivity index (χ2v) is 36.7. The summed E-state index contributed by atoms with van der Waals surface area (Å²) in [5.41, 5.74) is 11.4. The molecule has 100 heavy (non-hydrogen) atoms. The van der Waals surface area contributed by atoms with Crippen LogP contribution in [0, 0.1) is 57.7 Å². The lowest BCUT2D eigenvalue weighted by molar-refractivity contribution is 0.354. The molecule has 7 rings (SSSR count). The van der Waals surface area contributed by atoms with E-state index in [1.165, 1.54) is 64.4 Å². The highest BCUT2D eigenvalue weighted by Gasteiger charge is 2.27. The molecule has 1 fully saturated rings. The lowest BCUT2D eigenvalue weighted by atomic mass is 9.89. The van der Waals surface area contributed by atoms with Gasteiger partial charge in [0.15, 0.2) is 0 Å². The minimum Gasteiger partial charge on any atom is -0.367 e. The standard InChI is InChI=1S/2C8H13N.C8H12S.C8H16.2C7H12N2.C7H11NS.C7H14.2C7H12.C6H12.11CH4/c1-8(2,3)7-4-5-9-6-7;1-8(2,3)7-5-4-6-9-7;1-8(2,3)7-4-5-9-6-7;1-8(2,3)6-7-4-5-7;1-7(2,3)6-4-8-5-9-6;2*1-7(2,3)6-4-8-9-5-6;3*1-5-6-7(2,3)4;1-5-6(2,3)4;;;;;;;;;;;/h2*4-6,9H,1-3H3;4-6H,1-3H3;7H,4-6H2,1-3H3;2*4-5H,1-3H3,(H,8,9);4-5H,1-3H3;5H,1,6H2,2-4H3;2*1H,6H2,2-4H3;5H,1H2,2-4H3;11*1H4. The van der Waals surface area contributed by atoms with Crippen LogP contribution >= 0.6 is 22.9 Å². The van der Waals surface area contributed by atoms with E-state index in [9.17, 15) is 0 Å². The van der Waals surface area contributed by atoms with Crippen molar-refractivity contribution in [1.29, 1.82) is 0 Å². The number of aromatic amines is 4. The number of imidazole rings is 1. The van der Waals surface area contributed by atoms with Crippen molar-refractivity contribution in [2.75, 3.05) is 0 Å². The number of nitrogens with zero attached hydrogens (tertiary/aromatic N) is 3. The lowest BCUT2D eigenvalue weighted by Crippen LogP contribution is -2.10. The summed E-state index contributed by atoms with van der Waals surface area (Å²) in [4.78, 5) is 13.2. The Bertz CT molecular complexity index is 2270. The van der Waals surface area contributed by atoms with Gasteiger partial charge >= 0.3 is 0 Å². The molecule has 7 nitrogen and oxygen atoms in total. The number of terminal acetylenes is 2. The van der Waals surface area contributed by atoms with Gasteiger partial charge in [0.1, 0.15) is 0 Å². The fraction of sp³-hybridized carbons (Fsp3) is 0.681. The van der Waals surface area contributed by atoms with Crippen molar-refractivity contribution in [3.63, 3.8) is 0 Å². The summed E-state index contributed by atoms with van der Waals surface area (Å²) >= 11 is 3.28. The van der Waals surface area contributed by atoms with Gasteiger partial charge in [-0.25, -0.2) is 9.36 Å². The van der Waals surface area contributed by atoms with E-state index in [4.69, 9.17) is 12.8 Å². The average molecular weight is 1440 g/mol. The molecule has 0 radical (unpaired) electrons. The second kappa shape index (κ2) is 60.3. The van der Waals surface area contributed by atoms with Gasteiger partial charge in [-0.3, -0.25) is 5.10 Å². The van der Waals surface area contributed by atoms with E-state index in [0.29, 0.717) is 37.9 Å². The third kappa shape index (κ3) is 85.3. The molecule has 0 amide bonds. The second-order valence-electron chi connectivity index (χ2n) is 35.3. The van der Waals surface area contributed by atoms with E-state index in [0.717, 1.165) is 25.2 Å². The molecule has 4 N–H and O–H groups in total. The molecule has 6 aromatic heterocycles. The van der Waals surface area contributed by atoms with Crippen LogP contribution in [0.4, 0.5) is 0 Å². The van der Waals surface area contributed by atoms with Gasteiger partial charge < -0.3 is 15.0 Å². The molecule has 1 saturated carbocycles. The Morgan fingerprint density at radius 1 is 0.470 bits per heavy atom. The van der Waals surface area contributed by atoms with Crippen molar-refractivity contribution in [3.8, 4) is 24.7 Å². The Labute approximate surface area is 641 Å². The van der Waals surface area contributed by atoms with Gasteiger partial charge in [0, 0.05) is 77.6 Å². The van der Waals surface area contributed by atoms with Crippen LogP contribution in [0.25, 0.3) is 0 Å². The van der Waals surface area contributed by atoms with Crippen LogP contribution in [0.1, 0.15) is 382 Å². The zero-order chi connectivity index (χ0) is 70.6. The summed E-state index contributed by atoms with van der Waals surface area (Å²) in [7, 11) is 0. The van der Waals surface area contributed by atoms with E-state index in [-0.39, 0.29) is 103 Å². The van der Waals surface area contributed by atoms with Crippen molar-refractivity contribution < 1.29 is 0 Å². The third-order valence-electron chi connectivity index (χ3n) is 12.5. The molecule has 0 bridgehead atoms. The quantitative estimate of drug-likeness (QED) is 0.103. The van der Waals surface area contributed by atoms with Crippen LogP contribution in [-0.2, 0) is 32.5 Å². The summed E-state index contributed by atoms with van der Waals surface area (Å²) < 4.78 is 4.03. The topological polar surface area (TPSA) is 102 Å². The molecule has 0 atom stereocenters. The van der Waals surface area contributed by atoms with Gasteiger partial charge in [0.25, 0.3) is 0 Å². The molecule has 594 valence electrons. The smallest absolute Gasteiger partial charge is 0.0921 e. The summed E-state index contributed by atoms with van der Waals surface area (Å²) in [5.74, 6) is 6.31. The Morgan fingerprint density at radius 3 is 1.03 bits per heavy atom. The molecule has 1 aliphatic carbocycles. The van der Waals surface area contributed by atoms with Crippen molar-refractivity contribution in [2.45, 2.75) is 381 Å². The van der Waals surface area contributed by atoms with Gasteiger partial charge in [0.2, 0.25) is 0 Å². The zero-order valence-corrected chi connectivity index (χ0v) is 65.5. The highest BCUT2D eigenvalue weighted by atomic mass is 32.1. The lowest BCUT2D eigenvalue weighted by Gasteiger charge is -2.16. The minimum absolute atomic E-state index is 0. The van der Waals surface area contributed by atoms with E-state index in [1.54, 1.807) is 17.7 Å². The molecule has 0 unspecified atom stereocenters. The van der Waals surface area contributed by atoms with Crippen LogP contribution in [0.2, 0.25) is 0 Å². The number of hydrogen-bond acceptors (Lipinski definition) is 5. The van der Waals surface area contributed by atoms with Gasteiger partial charge in [-0.05, 0) is 136 Å². The molecule has 9 heteroatoms. The first-order valence-corrected chi connectivity index (χ1v) is 34.0. The normalized spacial score (nSPS) is 11.1. The molecule has 0 aromatic carbocycles. The Hall–Kier alpha value is -5.09. The predicted molar refractivity (Wildman–Crippen MR) is 478 cm³/mol. The maximum absolute atomic E-state index is 5.06. The fourth-order valence-electron chi connectivity index (χ4n) is 6.41. The molecular weight excluding hydrogens is 1260 g/mol. The van der Waals surface area contributed by atoms with Crippen molar-refractivity contribution in [2.24, 2.45) is 33.0 Å². The summed E-state index contributed by atoms with van der Waals surface area (Å²) in [5, 5.41) is 13.1. The van der Waals surface area contributed by atoms with Crippen LogP contribution in [-0.4, -0.2) is 34.5 Å². The Kier molecular flexibility index (Phi) is 79.1. The van der Waals surface area contributed by atoms with Crippen LogP contribution < -0.4 is 0 Å². The van der Waals surface area contributed by atoms with Gasteiger partial charge in [-0.1, -0.05) is 335 Å². The Balaban J connectivity index is -0.0000000606. The third-order valence-corrected chi connectivity index (χ3v) is 13.7. The molecule has 0 aliphatic heterocycles.